The number of rotatable bonds is 2. The molecule has 0 saturated heterocycles. The summed E-state index contributed by atoms with van der Waals surface area (Å²) in [6.45, 7) is 2.05. The van der Waals surface area contributed by atoms with Gasteiger partial charge in [0, 0.05) is 10.2 Å². The average Bonchev–Trinajstić information content (AvgIpc) is 2.69. The number of halogens is 1. The van der Waals surface area contributed by atoms with Crippen molar-refractivity contribution in [1.29, 1.82) is 0 Å². The number of aryl methyl sites for hydroxylation is 1. The van der Waals surface area contributed by atoms with Crippen LogP contribution in [0.1, 0.15) is 22.6 Å². The molecule has 0 fully saturated rings. The van der Waals surface area contributed by atoms with Crippen LogP contribution >= 0.6 is 15.9 Å². The van der Waals surface area contributed by atoms with E-state index >= 15 is 0 Å². The Morgan fingerprint density at radius 1 is 1.21 bits per heavy atom. The number of carbonyl (C=O) groups is 1. The predicted octanol–water partition coefficient (Wildman–Crippen LogP) is 4.04. The van der Waals surface area contributed by atoms with Gasteiger partial charge in [0.05, 0.1) is 5.92 Å². The Bertz CT molecular complexity index is 651. The zero-order chi connectivity index (χ0) is 13.4. The third-order valence-electron chi connectivity index (χ3n) is 3.54. The van der Waals surface area contributed by atoms with Gasteiger partial charge in [-0.25, -0.2) is 0 Å². The summed E-state index contributed by atoms with van der Waals surface area (Å²) >= 11 is 3.55. The maximum atomic E-state index is 12.1. The van der Waals surface area contributed by atoms with Crippen LogP contribution in [0.4, 0.5) is 5.69 Å². The second-order valence-corrected chi connectivity index (χ2v) is 5.78. The zero-order valence-corrected chi connectivity index (χ0v) is 12.2. The molecule has 96 valence electrons. The predicted molar refractivity (Wildman–Crippen MR) is 80.4 cm³/mol. The van der Waals surface area contributed by atoms with Crippen LogP contribution < -0.4 is 5.32 Å². The SMILES string of the molecule is Cc1ccc2c(c1)C(Cc1ccccc1Br)C(=O)N2. The van der Waals surface area contributed by atoms with Crippen LogP contribution in [0.3, 0.4) is 0 Å². The Morgan fingerprint density at radius 2 is 2.00 bits per heavy atom. The van der Waals surface area contributed by atoms with Gasteiger partial charge in [-0.15, -0.1) is 0 Å². The highest BCUT2D eigenvalue weighted by Crippen LogP contribution is 2.36. The third-order valence-corrected chi connectivity index (χ3v) is 4.31. The normalized spacial score (nSPS) is 17.2. The van der Waals surface area contributed by atoms with Crippen molar-refractivity contribution in [2.24, 2.45) is 0 Å². The molecule has 0 bridgehead atoms. The lowest BCUT2D eigenvalue weighted by Crippen LogP contribution is -2.14. The molecule has 1 heterocycles. The maximum absolute atomic E-state index is 12.1. The van der Waals surface area contributed by atoms with Gasteiger partial charge in [-0.1, -0.05) is 51.8 Å². The van der Waals surface area contributed by atoms with E-state index in [1.807, 2.05) is 30.3 Å². The summed E-state index contributed by atoms with van der Waals surface area (Å²) in [5, 5.41) is 2.96. The van der Waals surface area contributed by atoms with Crippen LogP contribution in [-0.2, 0) is 11.2 Å². The highest BCUT2D eigenvalue weighted by Gasteiger charge is 2.30. The lowest BCUT2D eigenvalue weighted by molar-refractivity contribution is -0.117. The fourth-order valence-corrected chi connectivity index (χ4v) is 2.98. The third kappa shape index (κ3) is 2.30. The molecule has 0 saturated carbocycles. The molecule has 1 unspecified atom stereocenters. The average molecular weight is 316 g/mol. The van der Waals surface area contributed by atoms with Crippen molar-refractivity contribution in [3.05, 3.63) is 63.6 Å². The van der Waals surface area contributed by atoms with Crippen molar-refractivity contribution in [3.63, 3.8) is 0 Å². The minimum absolute atomic E-state index is 0.0893. The number of benzene rings is 2. The first-order chi connectivity index (χ1) is 9.15. The van der Waals surface area contributed by atoms with Crippen LogP contribution in [-0.4, -0.2) is 5.91 Å². The van der Waals surface area contributed by atoms with Gasteiger partial charge >= 0.3 is 0 Å². The summed E-state index contributed by atoms with van der Waals surface area (Å²) in [7, 11) is 0. The minimum atomic E-state index is -0.0893. The molecule has 1 aliphatic heterocycles. The summed E-state index contributed by atoms with van der Waals surface area (Å²) in [6, 6.07) is 14.2. The van der Waals surface area contributed by atoms with Gasteiger partial charge in [0.25, 0.3) is 0 Å². The molecule has 2 aromatic carbocycles. The van der Waals surface area contributed by atoms with Crippen molar-refractivity contribution in [3.8, 4) is 0 Å². The summed E-state index contributed by atoms with van der Waals surface area (Å²) in [4.78, 5) is 12.1. The topological polar surface area (TPSA) is 29.1 Å². The molecule has 0 aromatic heterocycles. The van der Waals surface area contributed by atoms with E-state index in [4.69, 9.17) is 0 Å². The standard InChI is InChI=1S/C16H14BrNO/c1-10-6-7-15-12(8-10)13(16(19)18-15)9-11-4-2-3-5-14(11)17/h2-8,13H,9H2,1H3,(H,18,19). The Kier molecular flexibility index (Phi) is 3.15. The van der Waals surface area contributed by atoms with Crippen molar-refractivity contribution in [2.75, 3.05) is 5.32 Å². The van der Waals surface area contributed by atoms with Crippen molar-refractivity contribution >= 4 is 27.5 Å². The van der Waals surface area contributed by atoms with E-state index in [0.29, 0.717) is 0 Å². The monoisotopic (exact) mass is 315 g/mol. The second kappa shape index (κ2) is 4.82. The van der Waals surface area contributed by atoms with Gasteiger partial charge in [0.1, 0.15) is 0 Å². The molecular formula is C16H14BrNO. The van der Waals surface area contributed by atoms with Crippen LogP contribution in [0.5, 0.6) is 0 Å². The molecule has 1 atom stereocenters. The van der Waals surface area contributed by atoms with E-state index in [2.05, 4.69) is 40.3 Å². The summed E-state index contributed by atoms with van der Waals surface area (Å²) in [6.07, 6.45) is 0.726. The number of carbonyl (C=O) groups excluding carboxylic acids is 1. The number of fused-ring (bicyclic) bond motifs is 1. The Hall–Kier alpha value is -1.61. The molecule has 1 N–H and O–H groups in total. The second-order valence-electron chi connectivity index (χ2n) is 4.93. The smallest absolute Gasteiger partial charge is 0.232 e. The van der Waals surface area contributed by atoms with E-state index in [9.17, 15) is 4.79 Å². The molecule has 0 spiro atoms. The molecule has 3 rings (SSSR count). The minimum Gasteiger partial charge on any atom is -0.325 e. The molecule has 1 amide bonds. The van der Waals surface area contributed by atoms with Gasteiger partial charge < -0.3 is 5.32 Å². The summed E-state index contributed by atoms with van der Waals surface area (Å²) < 4.78 is 1.06. The van der Waals surface area contributed by atoms with Crippen LogP contribution in [0.2, 0.25) is 0 Å². The summed E-state index contributed by atoms with van der Waals surface area (Å²) in [5.74, 6) is 0.00459. The van der Waals surface area contributed by atoms with Crippen molar-refractivity contribution in [1.82, 2.24) is 0 Å². The fraction of sp³-hybridized carbons (Fsp3) is 0.188. The highest BCUT2D eigenvalue weighted by atomic mass is 79.9. The number of hydrogen-bond acceptors (Lipinski definition) is 1. The summed E-state index contributed by atoms with van der Waals surface area (Å²) in [5.41, 5.74) is 4.41. The Balaban J connectivity index is 1.97. The number of anilines is 1. The Labute approximate surface area is 121 Å². The molecule has 0 radical (unpaired) electrons. The number of amides is 1. The van der Waals surface area contributed by atoms with E-state index in [-0.39, 0.29) is 11.8 Å². The Morgan fingerprint density at radius 3 is 2.79 bits per heavy atom. The van der Waals surface area contributed by atoms with Gasteiger partial charge in [-0.05, 0) is 36.6 Å². The first-order valence-corrected chi connectivity index (χ1v) is 7.09. The maximum Gasteiger partial charge on any atom is 0.232 e. The van der Waals surface area contributed by atoms with Gasteiger partial charge in [0.2, 0.25) is 5.91 Å². The van der Waals surface area contributed by atoms with Crippen LogP contribution in [0.25, 0.3) is 0 Å². The zero-order valence-electron chi connectivity index (χ0n) is 10.6. The number of nitrogens with one attached hydrogen (secondary N) is 1. The molecular weight excluding hydrogens is 302 g/mol. The van der Waals surface area contributed by atoms with E-state index < -0.39 is 0 Å². The largest absolute Gasteiger partial charge is 0.325 e. The van der Waals surface area contributed by atoms with Gasteiger partial charge in [-0.2, -0.15) is 0 Å². The quantitative estimate of drug-likeness (QED) is 0.890. The first kappa shape index (κ1) is 12.4. The lowest BCUT2D eigenvalue weighted by atomic mass is 9.92. The van der Waals surface area contributed by atoms with E-state index in [1.165, 1.54) is 5.56 Å². The molecule has 3 heteroatoms. The fourth-order valence-electron chi connectivity index (χ4n) is 2.53. The molecule has 2 nitrogen and oxygen atoms in total. The van der Waals surface area contributed by atoms with Gasteiger partial charge in [0.15, 0.2) is 0 Å². The molecule has 2 aromatic rings. The molecule has 0 aliphatic carbocycles. The van der Waals surface area contributed by atoms with E-state index in [0.717, 1.165) is 27.7 Å². The van der Waals surface area contributed by atoms with Crippen molar-refractivity contribution in [2.45, 2.75) is 19.3 Å². The van der Waals surface area contributed by atoms with Gasteiger partial charge in [-0.3, -0.25) is 4.79 Å². The lowest BCUT2D eigenvalue weighted by Gasteiger charge is -2.11. The molecule has 1 aliphatic rings. The number of hydrogen-bond donors (Lipinski definition) is 1. The molecule has 19 heavy (non-hydrogen) atoms. The first-order valence-electron chi connectivity index (χ1n) is 6.30. The van der Waals surface area contributed by atoms with E-state index in [1.54, 1.807) is 0 Å². The van der Waals surface area contributed by atoms with Crippen LogP contribution in [0, 0.1) is 6.92 Å². The van der Waals surface area contributed by atoms with Crippen LogP contribution in [0.15, 0.2) is 46.9 Å². The highest BCUT2D eigenvalue weighted by molar-refractivity contribution is 9.10. The van der Waals surface area contributed by atoms with Crippen molar-refractivity contribution < 1.29 is 4.79 Å².